The van der Waals surface area contributed by atoms with E-state index in [9.17, 15) is 13.6 Å². The number of carbonyl (C=O) groups is 1. The van der Waals surface area contributed by atoms with E-state index in [-0.39, 0.29) is 6.04 Å². The topological polar surface area (TPSA) is 64.3 Å². The molecule has 3 N–H and O–H groups in total. The van der Waals surface area contributed by atoms with E-state index in [2.05, 4.69) is 5.32 Å². The lowest BCUT2D eigenvalue weighted by atomic mass is 10.1. The van der Waals surface area contributed by atoms with E-state index in [0.717, 1.165) is 12.8 Å². The van der Waals surface area contributed by atoms with Gasteiger partial charge in [-0.2, -0.15) is 0 Å². The Balaban J connectivity index is 2.61. The molecule has 0 radical (unpaired) electrons. The number of ether oxygens (including phenoxy) is 1. The fourth-order valence-corrected chi connectivity index (χ4v) is 2.02. The molecule has 6 heteroatoms. The van der Waals surface area contributed by atoms with Gasteiger partial charge in [-0.25, -0.2) is 8.78 Å². The maximum Gasteiger partial charge on any atom is 0.258 e. The minimum Gasteiger partial charge on any atom is -0.478 e. The number of nitrogens with one attached hydrogen (secondary N) is 1. The predicted molar refractivity (Wildman–Crippen MR) is 77.1 cm³/mol. The van der Waals surface area contributed by atoms with Gasteiger partial charge in [0.1, 0.15) is 0 Å². The monoisotopic (exact) mass is 300 g/mol. The van der Waals surface area contributed by atoms with Gasteiger partial charge < -0.3 is 15.8 Å². The number of amides is 1. The van der Waals surface area contributed by atoms with E-state index < -0.39 is 29.9 Å². The molecule has 0 fully saturated rings. The highest BCUT2D eigenvalue weighted by atomic mass is 19.1. The van der Waals surface area contributed by atoms with Crippen molar-refractivity contribution in [3.05, 3.63) is 29.3 Å². The molecule has 0 aliphatic carbocycles. The minimum absolute atomic E-state index is 0.00715. The molecule has 1 amide bonds. The SMILES string of the molecule is CCCC(C)NC(=O)COc1c(F)cc(CCN)cc1F. The summed E-state index contributed by atoms with van der Waals surface area (Å²) in [6.45, 7) is 3.76. The molecule has 0 aliphatic heterocycles. The first-order chi connectivity index (χ1) is 9.97. The number of nitrogens with two attached hydrogens (primary N) is 1. The van der Waals surface area contributed by atoms with E-state index in [1.165, 1.54) is 12.1 Å². The first-order valence-electron chi connectivity index (χ1n) is 7.08. The maximum absolute atomic E-state index is 13.7. The summed E-state index contributed by atoms with van der Waals surface area (Å²) in [5.74, 6) is -2.59. The fraction of sp³-hybridized carbons (Fsp3) is 0.533. The molecule has 1 aromatic rings. The Morgan fingerprint density at radius 1 is 1.38 bits per heavy atom. The molecular formula is C15H22F2N2O2. The number of benzene rings is 1. The van der Waals surface area contributed by atoms with Gasteiger partial charge in [0, 0.05) is 6.04 Å². The van der Waals surface area contributed by atoms with Crippen LogP contribution in [-0.2, 0) is 11.2 Å². The van der Waals surface area contributed by atoms with Gasteiger partial charge in [0.2, 0.25) is 0 Å². The van der Waals surface area contributed by atoms with Crippen LogP contribution in [0, 0.1) is 11.6 Å². The van der Waals surface area contributed by atoms with Crippen LogP contribution in [0.5, 0.6) is 5.75 Å². The van der Waals surface area contributed by atoms with E-state index >= 15 is 0 Å². The molecule has 21 heavy (non-hydrogen) atoms. The predicted octanol–water partition coefficient (Wildman–Crippen LogP) is 2.15. The average Bonchev–Trinajstić information content (AvgIpc) is 2.38. The van der Waals surface area contributed by atoms with Crippen LogP contribution in [0.1, 0.15) is 32.3 Å². The molecule has 4 nitrogen and oxygen atoms in total. The molecule has 0 aliphatic rings. The highest BCUT2D eigenvalue weighted by molar-refractivity contribution is 5.77. The largest absolute Gasteiger partial charge is 0.478 e. The summed E-state index contributed by atoms with van der Waals surface area (Å²) in [5, 5.41) is 2.70. The highest BCUT2D eigenvalue weighted by Gasteiger charge is 2.15. The first kappa shape index (κ1) is 17.4. The molecular weight excluding hydrogens is 278 g/mol. The lowest BCUT2D eigenvalue weighted by molar-refractivity contribution is -0.123. The van der Waals surface area contributed by atoms with Crippen LogP contribution in [0.4, 0.5) is 8.78 Å². The second-order valence-corrected chi connectivity index (χ2v) is 4.97. The van der Waals surface area contributed by atoms with Crippen molar-refractivity contribution in [3.63, 3.8) is 0 Å². The smallest absolute Gasteiger partial charge is 0.258 e. The molecule has 1 rings (SSSR count). The quantitative estimate of drug-likeness (QED) is 0.773. The van der Waals surface area contributed by atoms with Crippen LogP contribution in [0.15, 0.2) is 12.1 Å². The third-order valence-electron chi connectivity index (χ3n) is 2.97. The van der Waals surface area contributed by atoms with Crippen molar-refractivity contribution in [1.82, 2.24) is 5.32 Å². The summed E-state index contributed by atoms with van der Waals surface area (Å²) in [6.07, 6.45) is 2.15. The number of hydrogen-bond acceptors (Lipinski definition) is 3. The van der Waals surface area contributed by atoms with Crippen LogP contribution in [0.2, 0.25) is 0 Å². The standard InChI is InChI=1S/C15H22F2N2O2/c1-3-4-10(2)19-14(20)9-21-15-12(16)7-11(5-6-18)8-13(15)17/h7-8,10H,3-6,9,18H2,1-2H3,(H,19,20). The van der Waals surface area contributed by atoms with Crippen molar-refractivity contribution in [2.45, 2.75) is 39.2 Å². The molecule has 0 saturated carbocycles. The Morgan fingerprint density at radius 3 is 2.52 bits per heavy atom. The zero-order chi connectivity index (χ0) is 15.8. The van der Waals surface area contributed by atoms with Crippen molar-refractivity contribution >= 4 is 5.91 Å². The van der Waals surface area contributed by atoms with Crippen molar-refractivity contribution in [1.29, 1.82) is 0 Å². The average molecular weight is 300 g/mol. The molecule has 0 heterocycles. The van der Waals surface area contributed by atoms with Gasteiger partial charge in [0.05, 0.1) is 0 Å². The second-order valence-electron chi connectivity index (χ2n) is 4.97. The molecule has 1 aromatic carbocycles. The van der Waals surface area contributed by atoms with E-state index in [0.29, 0.717) is 18.5 Å². The summed E-state index contributed by atoms with van der Waals surface area (Å²) < 4.78 is 32.4. The maximum atomic E-state index is 13.7. The van der Waals surface area contributed by atoms with Gasteiger partial charge in [-0.1, -0.05) is 13.3 Å². The van der Waals surface area contributed by atoms with Crippen molar-refractivity contribution in [3.8, 4) is 5.75 Å². The van der Waals surface area contributed by atoms with E-state index in [4.69, 9.17) is 10.5 Å². The number of rotatable bonds is 8. The summed E-state index contributed by atoms with van der Waals surface area (Å²) in [5.41, 5.74) is 5.80. The third-order valence-corrected chi connectivity index (χ3v) is 2.97. The molecule has 1 unspecified atom stereocenters. The second kappa shape index (κ2) is 8.56. The van der Waals surface area contributed by atoms with Gasteiger partial charge in [-0.05, 0) is 44.0 Å². The van der Waals surface area contributed by atoms with Crippen LogP contribution in [-0.4, -0.2) is 25.1 Å². The van der Waals surface area contributed by atoms with Gasteiger partial charge >= 0.3 is 0 Å². The van der Waals surface area contributed by atoms with Gasteiger partial charge in [-0.15, -0.1) is 0 Å². The number of carbonyl (C=O) groups excluding carboxylic acids is 1. The van der Waals surface area contributed by atoms with Crippen molar-refractivity contribution in [2.75, 3.05) is 13.2 Å². The van der Waals surface area contributed by atoms with Crippen LogP contribution in [0.25, 0.3) is 0 Å². The van der Waals surface area contributed by atoms with Gasteiger partial charge in [-0.3, -0.25) is 4.79 Å². The minimum atomic E-state index is -0.826. The molecule has 0 spiro atoms. The lowest BCUT2D eigenvalue weighted by Gasteiger charge is -2.14. The fourth-order valence-electron chi connectivity index (χ4n) is 2.02. The summed E-state index contributed by atoms with van der Waals surface area (Å²) in [6, 6.07) is 2.35. The highest BCUT2D eigenvalue weighted by Crippen LogP contribution is 2.23. The number of hydrogen-bond donors (Lipinski definition) is 2. The van der Waals surface area contributed by atoms with Gasteiger partial charge in [0.15, 0.2) is 24.0 Å². The Bertz CT molecular complexity index is 458. The van der Waals surface area contributed by atoms with Crippen molar-refractivity contribution < 1.29 is 18.3 Å². The normalized spacial score (nSPS) is 12.0. The first-order valence-corrected chi connectivity index (χ1v) is 7.08. The van der Waals surface area contributed by atoms with Crippen LogP contribution >= 0.6 is 0 Å². The zero-order valence-corrected chi connectivity index (χ0v) is 12.4. The van der Waals surface area contributed by atoms with Crippen LogP contribution < -0.4 is 15.8 Å². The molecule has 0 aromatic heterocycles. The Labute approximate surface area is 123 Å². The molecule has 118 valence electrons. The third kappa shape index (κ3) is 5.67. The molecule has 1 atom stereocenters. The molecule has 0 saturated heterocycles. The number of halogens is 2. The molecule has 0 bridgehead atoms. The van der Waals surface area contributed by atoms with E-state index in [1.807, 2.05) is 13.8 Å². The summed E-state index contributed by atoms with van der Waals surface area (Å²) in [7, 11) is 0. The Hall–Kier alpha value is -1.69. The van der Waals surface area contributed by atoms with Crippen molar-refractivity contribution in [2.24, 2.45) is 5.73 Å². The van der Waals surface area contributed by atoms with E-state index in [1.54, 1.807) is 0 Å². The summed E-state index contributed by atoms with van der Waals surface area (Å²) in [4.78, 5) is 11.6. The van der Waals surface area contributed by atoms with Crippen LogP contribution in [0.3, 0.4) is 0 Å². The summed E-state index contributed by atoms with van der Waals surface area (Å²) >= 11 is 0. The Kier molecular flexibility index (Phi) is 7.08. The van der Waals surface area contributed by atoms with Gasteiger partial charge in [0.25, 0.3) is 5.91 Å². The Morgan fingerprint density at radius 2 is 2.00 bits per heavy atom. The zero-order valence-electron chi connectivity index (χ0n) is 12.4. The lowest BCUT2D eigenvalue weighted by Crippen LogP contribution is -2.36.